The van der Waals surface area contributed by atoms with Gasteiger partial charge < -0.3 is 9.47 Å². The highest BCUT2D eigenvalue weighted by Gasteiger charge is 2.15. The summed E-state index contributed by atoms with van der Waals surface area (Å²) in [6.45, 7) is 5.91. The van der Waals surface area contributed by atoms with E-state index in [0.29, 0.717) is 12.4 Å². The molecule has 0 spiro atoms. The molecule has 0 bridgehead atoms. The monoisotopic (exact) mass is 264 g/mol. The molecule has 19 heavy (non-hydrogen) atoms. The zero-order valence-electron chi connectivity index (χ0n) is 11.9. The number of Topliss-reactive ketones (excluding diaryl/α,β-unsaturated/α-hetero) is 1. The van der Waals surface area contributed by atoms with Crippen molar-refractivity contribution in [2.45, 2.75) is 33.6 Å². The Morgan fingerprint density at radius 2 is 1.89 bits per heavy atom. The van der Waals surface area contributed by atoms with Gasteiger partial charge in [0.2, 0.25) is 0 Å². The number of esters is 1. The van der Waals surface area contributed by atoms with Gasteiger partial charge in [-0.2, -0.15) is 0 Å². The maximum absolute atomic E-state index is 11.8. The van der Waals surface area contributed by atoms with Crippen molar-refractivity contribution in [2.75, 3.05) is 13.7 Å². The third-order valence-electron chi connectivity index (χ3n) is 2.73. The fourth-order valence-electron chi connectivity index (χ4n) is 2.11. The first-order valence-electron chi connectivity index (χ1n) is 6.29. The van der Waals surface area contributed by atoms with E-state index in [1.165, 1.54) is 0 Å². The van der Waals surface area contributed by atoms with Crippen LogP contribution in [0.15, 0.2) is 12.1 Å². The summed E-state index contributed by atoms with van der Waals surface area (Å²) in [6.07, 6.45) is -0.00546. The Hall–Kier alpha value is -1.84. The maximum atomic E-state index is 11.8. The Labute approximate surface area is 113 Å². The van der Waals surface area contributed by atoms with Gasteiger partial charge >= 0.3 is 5.97 Å². The molecule has 0 N–H and O–H groups in total. The first-order valence-corrected chi connectivity index (χ1v) is 6.29. The van der Waals surface area contributed by atoms with E-state index in [-0.39, 0.29) is 18.6 Å². The Morgan fingerprint density at radius 1 is 1.21 bits per heavy atom. The van der Waals surface area contributed by atoms with Gasteiger partial charge in [0.1, 0.15) is 18.0 Å². The van der Waals surface area contributed by atoms with Gasteiger partial charge in [0, 0.05) is 12.0 Å². The van der Waals surface area contributed by atoms with Crippen molar-refractivity contribution in [3.63, 3.8) is 0 Å². The average Bonchev–Trinajstić information content (AvgIpc) is 2.28. The summed E-state index contributed by atoms with van der Waals surface area (Å²) in [4.78, 5) is 23.1. The highest BCUT2D eigenvalue weighted by atomic mass is 16.5. The number of hydrogen-bond donors (Lipinski definition) is 0. The van der Waals surface area contributed by atoms with Gasteiger partial charge in [-0.15, -0.1) is 0 Å². The molecular weight excluding hydrogens is 244 g/mol. The molecule has 0 saturated carbocycles. The van der Waals surface area contributed by atoms with E-state index >= 15 is 0 Å². The molecule has 0 saturated heterocycles. The summed E-state index contributed by atoms with van der Waals surface area (Å²) in [6, 6.07) is 3.91. The smallest absolute Gasteiger partial charge is 0.313 e. The van der Waals surface area contributed by atoms with Crippen LogP contribution in [0.2, 0.25) is 0 Å². The Kier molecular flexibility index (Phi) is 5.55. The second kappa shape index (κ2) is 6.92. The second-order valence-electron chi connectivity index (χ2n) is 4.47. The molecule has 0 aliphatic carbocycles. The summed E-state index contributed by atoms with van der Waals surface area (Å²) in [7, 11) is 1.58. The normalized spacial score (nSPS) is 10.1. The summed E-state index contributed by atoms with van der Waals surface area (Å²) >= 11 is 0. The number of aryl methyl sites for hydroxylation is 2. The SMILES string of the molecule is CCOC(=O)CC(=O)Cc1cc(C)cc(C)c1OC. The van der Waals surface area contributed by atoms with E-state index in [4.69, 9.17) is 9.47 Å². The number of rotatable bonds is 6. The predicted octanol–water partition coefficient (Wildman–Crippen LogP) is 2.38. The number of ketones is 1. The fourth-order valence-corrected chi connectivity index (χ4v) is 2.11. The molecule has 4 nitrogen and oxygen atoms in total. The lowest BCUT2D eigenvalue weighted by Crippen LogP contribution is -2.13. The lowest BCUT2D eigenvalue weighted by molar-refractivity contribution is -0.145. The zero-order chi connectivity index (χ0) is 14.4. The average molecular weight is 264 g/mol. The number of carbonyl (C=O) groups excluding carboxylic acids is 2. The minimum absolute atomic E-state index is 0.165. The van der Waals surface area contributed by atoms with Crippen molar-refractivity contribution in [1.29, 1.82) is 0 Å². The molecule has 0 aliphatic rings. The van der Waals surface area contributed by atoms with Crippen LogP contribution in [-0.4, -0.2) is 25.5 Å². The highest BCUT2D eigenvalue weighted by molar-refractivity contribution is 5.96. The molecule has 1 rings (SSSR count). The van der Waals surface area contributed by atoms with E-state index in [1.807, 2.05) is 26.0 Å². The second-order valence-corrected chi connectivity index (χ2v) is 4.47. The maximum Gasteiger partial charge on any atom is 0.313 e. The van der Waals surface area contributed by atoms with E-state index in [9.17, 15) is 9.59 Å². The lowest BCUT2D eigenvalue weighted by Gasteiger charge is -2.12. The third-order valence-corrected chi connectivity index (χ3v) is 2.73. The molecule has 4 heteroatoms. The number of ether oxygens (including phenoxy) is 2. The minimum atomic E-state index is -0.476. The molecule has 0 atom stereocenters. The van der Waals surface area contributed by atoms with Crippen molar-refractivity contribution >= 4 is 11.8 Å². The highest BCUT2D eigenvalue weighted by Crippen LogP contribution is 2.25. The topological polar surface area (TPSA) is 52.6 Å². The van der Waals surface area contributed by atoms with Crippen molar-refractivity contribution in [2.24, 2.45) is 0 Å². The summed E-state index contributed by atoms with van der Waals surface area (Å²) < 4.78 is 10.1. The molecule has 0 heterocycles. The molecule has 1 aromatic carbocycles. The molecule has 0 aliphatic heterocycles. The summed E-state index contributed by atoms with van der Waals surface area (Å²) in [5.74, 6) is 0.0698. The number of carbonyl (C=O) groups is 2. The van der Waals surface area contributed by atoms with Crippen LogP contribution in [0.3, 0.4) is 0 Å². The van der Waals surface area contributed by atoms with Gasteiger partial charge in [-0.3, -0.25) is 9.59 Å². The molecule has 104 valence electrons. The van der Waals surface area contributed by atoms with Gasteiger partial charge in [0.15, 0.2) is 0 Å². The van der Waals surface area contributed by atoms with Crippen molar-refractivity contribution in [3.8, 4) is 5.75 Å². The largest absolute Gasteiger partial charge is 0.496 e. The Morgan fingerprint density at radius 3 is 2.47 bits per heavy atom. The van der Waals surface area contributed by atoms with Crippen molar-refractivity contribution in [3.05, 3.63) is 28.8 Å². The standard InChI is InChI=1S/C15H20O4/c1-5-19-14(17)9-13(16)8-12-7-10(2)6-11(3)15(12)18-4/h6-7H,5,8-9H2,1-4H3. The van der Waals surface area contributed by atoms with Gasteiger partial charge in [-0.25, -0.2) is 0 Å². The van der Waals surface area contributed by atoms with Crippen LogP contribution in [0.25, 0.3) is 0 Å². The van der Waals surface area contributed by atoms with E-state index in [2.05, 4.69) is 0 Å². The van der Waals surface area contributed by atoms with Crippen LogP contribution >= 0.6 is 0 Å². The van der Waals surface area contributed by atoms with Gasteiger partial charge in [-0.05, 0) is 26.3 Å². The Balaban J connectivity index is 2.81. The molecule has 0 amide bonds. The first-order chi connectivity index (χ1) is 8.97. The molecule has 1 aromatic rings. The van der Waals surface area contributed by atoms with Crippen LogP contribution in [0.4, 0.5) is 0 Å². The molecule has 0 unspecified atom stereocenters. The lowest BCUT2D eigenvalue weighted by atomic mass is 10.0. The molecule has 0 radical (unpaired) electrons. The summed E-state index contributed by atoms with van der Waals surface area (Å²) in [5.41, 5.74) is 2.87. The Bertz CT molecular complexity index is 477. The van der Waals surface area contributed by atoms with Crippen LogP contribution in [0.1, 0.15) is 30.0 Å². The minimum Gasteiger partial charge on any atom is -0.496 e. The first kappa shape index (κ1) is 15.2. The molecule has 0 aromatic heterocycles. The van der Waals surface area contributed by atoms with E-state index < -0.39 is 5.97 Å². The third kappa shape index (κ3) is 4.39. The van der Waals surface area contributed by atoms with Gasteiger partial charge in [-0.1, -0.05) is 17.7 Å². The molecule has 0 fully saturated rings. The van der Waals surface area contributed by atoms with E-state index in [0.717, 1.165) is 16.7 Å². The quantitative estimate of drug-likeness (QED) is 0.584. The zero-order valence-corrected chi connectivity index (χ0v) is 11.9. The van der Waals surface area contributed by atoms with E-state index in [1.54, 1.807) is 14.0 Å². The van der Waals surface area contributed by atoms with Crippen molar-refractivity contribution < 1.29 is 19.1 Å². The van der Waals surface area contributed by atoms with Crippen LogP contribution in [-0.2, 0) is 20.7 Å². The fraction of sp³-hybridized carbons (Fsp3) is 0.467. The van der Waals surface area contributed by atoms with Gasteiger partial charge in [0.05, 0.1) is 13.7 Å². The molecular formula is C15H20O4. The predicted molar refractivity (Wildman–Crippen MR) is 72.4 cm³/mol. The number of hydrogen-bond acceptors (Lipinski definition) is 4. The van der Waals surface area contributed by atoms with Crippen LogP contribution < -0.4 is 4.74 Å². The van der Waals surface area contributed by atoms with Crippen LogP contribution in [0.5, 0.6) is 5.75 Å². The van der Waals surface area contributed by atoms with Crippen molar-refractivity contribution in [1.82, 2.24) is 0 Å². The summed E-state index contributed by atoms with van der Waals surface area (Å²) in [5, 5.41) is 0. The number of methoxy groups -OCH3 is 1. The van der Waals surface area contributed by atoms with Crippen LogP contribution in [0, 0.1) is 13.8 Å². The number of benzene rings is 1. The van der Waals surface area contributed by atoms with Gasteiger partial charge in [0.25, 0.3) is 0 Å².